The highest BCUT2D eigenvalue weighted by Gasteiger charge is 2.27. The molecule has 34 heavy (non-hydrogen) atoms. The van der Waals surface area contributed by atoms with Gasteiger partial charge in [-0.3, -0.25) is 18.7 Å². The van der Waals surface area contributed by atoms with Crippen LogP contribution in [0.3, 0.4) is 0 Å². The van der Waals surface area contributed by atoms with Crippen molar-refractivity contribution in [3.05, 3.63) is 62.4 Å². The van der Waals surface area contributed by atoms with Crippen LogP contribution in [-0.2, 0) is 24.1 Å². The van der Waals surface area contributed by atoms with Crippen LogP contribution in [0.25, 0.3) is 11.0 Å². The molecule has 1 aliphatic rings. The van der Waals surface area contributed by atoms with Crippen LogP contribution in [0.5, 0.6) is 0 Å². The summed E-state index contributed by atoms with van der Waals surface area (Å²) in [5.41, 5.74) is 0.256. The van der Waals surface area contributed by atoms with E-state index in [9.17, 15) is 22.8 Å². The van der Waals surface area contributed by atoms with Crippen molar-refractivity contribution in [2.24, 2.45) is 14.1 Å². The molecule has 3 aromatic rings. The summed E-state index contributed by atoms with van der Waals surface area (Å²) in [5.74, 6) is -0.572. The molecule has 0 spiro atoms. The Morgan fingerprint density at radius 3 is 2.24 bits per heavy atom. The maximum Gasteiger partial charge on any atom is 0.332 e. The minimum absolute atomic E-state index is 0.0675. The number of aryl methyl sites for hydroxylation is 1. The quantitative estimate of drug-likeness (QED) is 0.588. The van der Waals surface area contributed by atoms with Crippen LogP contribution in [0.4, 0.5) is 5.69 Å². The summed E-state index contributed by atoms with van der Waals surface area (Å²) < 4.78 is 29.2. The number of anilines is 1. The molecular formula is C23H27N5O5S. The van der Waals surface area contributed by atoms with E-state index in [0.29, 0.717) is 18.7 Å². The molecule has 1 fully saturated rings. The minimum atomic E-state index is -3.59. The third kappa shape index (κ3) is 3.94. The molecule has 1 aliphatic heterocycles. The fraction of sp³-hybridized carbons (Fsp3) is 0.391. The number of carbonyl (C=O) groups excluding carboxylic acids is 1. The van der Waals surface area contributed by atoms with Gasteiger partial charge >= 0.3 is 5.69 Å². The van der Waals surface area contributed by atoms with E-state index in [1.807, 2.05) is 13.8 Å². The number of sulfonamides is 1. The molecule has 0 radical (unpaired) electrons. The fourth-order valence-electron chi connectivity index (χ4n) is 4.16. The number of rotatable bonds is 5. The van der Waals surface area contributed by atoms with Crippen molar-refractivity contribution < 1.29 is 13.2 Å². The van der Waals surface area contributed by atoms with Crippen molar-refractivity contribution in [2.45, 2.75) is 37.5 Å². The van der Waals surface area contributed by atoms with E-state index >= 15 is 0 Å². The summed E-state index contributed by atoms with van der Waals surface area (Å²) in [6.07, 6.45) is 3.22. The van der Waals surface area contributed by atoms with Gasteiger partial charge in [0.15, 0.2) is 5.65 Å². The van der Waals surface area contributed by atoms with Crippen molar-refractivity contribution in [1.82, 2.24) is 18.4 Å². The van der Waals surface area contributed by atoms with Crippen LogP contribution in [0.1, 0.15) is 48.5 Å². The Bertz CT molecular complexity index is 1500. The Balaban J connectivity index is 1.75. The molecular weight excluding hydrogens is 458 g/mol. The molecule has 1 saturated heterocycles. The lowest BCUT2D eigenvalue weighted by atomic mass is 10.0. The molecule has 2 aromatic heterocycles. The van der Waals surface area contributed by atoms with Crippen LogP contribution in [0.15, 0.2) is 44.9 Å². The van der Waals surface area contributed by atoms with Crippen LogP contribution >= 0.6 is 0 Å². The summed E-state index contributed by atoms with van der Waals surface area (Å²) in [4.78, 5) is 42.9. The standard InChI is InChI=1S/C23H27N5O5S/c1-14(2)17-13-24-20-18(22(30)27(4)23(31)26(20)3)19(17)25-21(29)15-7-9-16(10-8-15)34(32,33)28-11-5-6-12-28/h7-10,13-14H,5-6,11-12H2,1-4H3,(H,24,25,29). The first kappa shape index (κ1) is 23.8. The molecule has 1 N–H and O–H groups in total. The van der Waals surface area contributed by atoms with Gasteiger partial charge in [0.25, 0.3) is 11.5 Å². The zero-order valence-electron chi connectivity index (χ0n) is 19.5. The first-order chi connectivity index (χ1) is 16.0. The van der Waals surface area contributed by atoms with Crippen molar-refractivity contribution in [1.29, 1.82) is 0 Å². The summed E-state index contributed by atoms with van der Waals surface area (Å²) in [5, 5.41) is 2.95. The summed E-state index contributed by atoms with van der Waals surface area (Å²) >= 11 is 0. The summed E-state index contributed by atoms with van der Waals surface area (Å²) in [6, 6.07) is 5.73. The van der Waals surface area contributed by atoms with Gasteiger partial charge in [-0.25, -0.2) is 18.2 Å². The van der Waals surface area contributed by atoms with Gasteiger partial charge < -0.3 is 5.32 Å². The maximum absolute atomic E-state index is 13.1. The molecule has 0 saturated carbocycles. The molecule has 180 valence electrons. The minimum Gasteiger partial charge on any atom is -0.321 e. The van der Waals surface area contributed by atoms with E-state index in [-0.39, 0.29) is 33.1 Å². The van der Waals surface area contributed by atoms with Gasteiger partial charge in [0.1, 0.15) is 5.39 Å². The molecule has 0 atom stereocenters. The Morgan fingerprint density at radius 1 is 1.03 bits per heavy atom. The molecule has 0 bridgehead atoms. The monoisotopic (exact) mass is 485 g/mol. The second-order valence-corrected chi connectivity index (χ2v) is 10.7. The normalized spacial score (nSPS) is 14.7. The van der Waals surface area contributed by atoms with Gasteiger partial charge in [-0.05, 0) is 48.6 Å². The Kier molecular flexibility index (Phi) is 6.17. The lowest BCUT2D eigenvalue weighted by Gasteiger charge is -2.18. The average molecular weight is 486 g/mol. The predicted molar refractivity (Wildman–Crippen MR) is 129 cm³/mol. The predicted octanol–water partition coefficient (Wildman–Crippen LogP) is 1.79. The highest BCUT2D eigenvalue weighted by molar-refractivity contribution is 7.89. The average Bonchev–Trinajstić information content (AvgIpc) is 3.37. The van der Waals surface area contributed by atoms with Gasteiger partial charge in [0.05, 0.1) is 10.6 Å². The van der Waals surface area contributed by atoms with E-state index in [0.717, 1.165) is 17.4 Å². The largest absolute Gasteiger partial charge is 0.332 e. The van der Waals surface area contributed by atoms with Crippen LogP contribution in [0, 0.1) is 0 Å². The lowest BCUT2D eigenvalue weighted by molar-refractivity contribution is 0.102. The van der Waals surface area contributed by atoms with Gasteiger partial charge in [0.2, 0.25) is 10.0 Å². The third-order valence-electron chi connectivity index (χ3n) is 6.18. The maximum atomic E-state index is 13.1. The molecule has 10 nitrogen and oxygen atoms in total. The van der Waals surface area contributed by atoms with Gasteiger partial charge in [-0.1, -0.05) is 13.8 Å². The first-order valence-corrected chi connectivity index (χ1v) is 12.5. The SMILES string of the molecule is CC(C)c1cnc2c(c1NC(=O)c1ccc(S(=O)(=O)N3CCCC3)cc1)c(=O)n(C)c(=O)n2C. The fourth-order valence-corrected chi connectivity index (χ4v) is 5.67. The van der Waals surface area contributed by atoms with E-state index in [1.54, 1.807) is 6.20 Å². The summed E-state index contributed by atoms with van der Waals surface area (Å²) in [7, 11) is -0.706. The number of aromatic nitrogens is 3. The van der Waals surface area contributed by atoms with Gasteiger partial charge in [-0.2, -0.15) is 4.31 Å². The van der Waals surface area contributed by atoms with Crippen LogP contribution in [0.2, 0.25) is 0 Å². The number of fused-ring (bicyclic) bond motifs is 1. The number of nitrogens with one attached hydrogen (secondary N) is 1. The van der Waals surface area contributed by atoms with Crippen LogP contribution in [-0.4, -0.2) is 45.8 Å². The van der Waals surface area contributed by atoms with E-state index in [2.05, 4.69) is 10.3 Å². The molecule has 11 heteroatoms. The highest BCUT2D eigenvalue weighted by Crippen LogP contribution is 2.29. The number of nitrogens with zero attached hydrogens (tertiary/aromatic N) is 4. The van der Waals surface area contributed by atoms with Crippen molar-refractivity contribution in [3.8, 4) is 0 Å². The second kappa shape index (κ2) is 8.80. The Morgan fingerprint density at radius 2 is 1.65 bits per heavy atom. The van der Waals surface area contributed by atoms with Crippen LogP contribution < -0.4 is 16.6 Å². The molecule has 4 rings (SSSR count). The third-order valence-corrected chi connectivity index (χ3v) is 8.09. The smallest absolute Gasteiger partial charge is 0.321 e. The Hall–Kier alpha value is -3.31. The molecule has 0 aliphatic carbocycles. The number of amides is 1. The number of hydrogen-bond donors (Lipinski definition) is 1. The molecule has 1 aromatic carbocycles. The van der Waals surface area contributed by atoms with E-state index < -0.39 is 27.2 Å². The molecule has 3 heterocycles. The lowest BCUT2D eigenvalue weighted by Crippen LogP contribution is -2.38. The molecule has 0 unspecified atom stereocenters. The Labute approximate surface area is 196 Å². The van der Waals surface area contributed by atoms with Crippen molar-refractivity contribution in [3.63, 3.8) is 0 Å². The van der Waals surface area contributed by atoms with E-state index in [4.69, 9.17) is 0 Å². The summed E-state index contributed by atoms with van der Waals surface area (Å²) in [6.45, 7) is 4.80. The topological polar surface area (TPSA) is 123 Å². The first-order valence-electron chi connectivity index (χ1n) is 11.0. The van der Waals surface area contributed by atoms with Gasteiger partial charge in [-0.15, -0.1) is 0 Å². The van der Waals surface area contributed by atoms with E-state index in [1.165, 1.54) is 47.2 Å². The number of hydrogen-bond acceptors (Lipinski definition) is 6. The zero-order valence-corrected chi connectivity index (χ0v) is 20.3. The highest BCUT2D eigenvalue weighted by atomic mass is 32.2. The number of benzene rings is 1. The van der Waals surface area contributed by atoms with Gasteiger partial charge in [0, 0.05) is 38.9 Å². The van der Waals surface area contributed by atoms with Crippen molar-refractivity contribution in [2.75, 3.05) is 18.4 Å². The number of carbonyl (C=O) groups is 1. The molecule has 1 amide bonds. The zero-order chi connectivity index (χ0) is 24.8. The number of pyridine rings is 1. The van der Waals surface area contributed by atoms with Crippen molar-refractivity contribution >= 4 is 32.7 Å². The second-order valence-electron chi connectivity index (χ2n) is 8.74.